The Morgan fingerprint density at radius 3 is 2.53 bits per heavy atom. The van der Waals surface area contributed by atoms with Crippen LogP contribution >= 0.6 is 0 Å². The van der Waals surface area contributed by atoms with Crippen molar-refractivity contribution in [2.24, 2.45) is 11.0 Å². The van der Waals surface area contributed by atoms with Crippen LogP contribution in [0.2, 0.25) is 0 Å². The molecule has 0 spiro atoms. The van der Waals surface area contributed by atoms with Crippen molar-refractivity contribution in [1.29, 1.82) is 0 Å². The molecule has 1 atom stereocenters. The molecule has 1 aromatic rings. The second-order valence-corrected chi connectivity index (χ2v) is 4.77. The number of hydrogen-bond acceptors (Lipinski definition) is 3. The number of nitrogens with zero attached hydrogens (tertiary/aromatic N) is 2. The van der Waals surface area contributed by atoms with Crippen LogP contribution in [0.25, 0.3) is 0 Å². The molecule has 1 unspecified atom stereocenters. The summed E-state index contributed by atoms with van der Waals surface area (Å²) in [5.41, 5.74) is 2.70. The van der Waals surface area contributed by atoms with Gasteiger partial charge < -0.3 is 5.11 Å². The highest BCUT2D eigenvalue weighted by Gasteiger charge is 2.34. The van der Waals surface area contributed by atoms with Gasteiger partial charge in [-0.05, 0) is 19.4 Å². The van der Waals surface area contributed by atoms with Crippen LogP contribution in [0.4, 0.5) is 0 Å². The molecule has 5 nitrogen and oxygen atoms in total. The first-order valence-electron chi connectivity index (χ1n) is 6.11. The summed E-state index contributed by atoms with van der Waals surface area (Å²) in [6, 6.07) is 7.83. The molecule has 1 heterocycles. The van der Waals surface area contributed by atoms with Crippen LogP contribution in [0.1, 0.15) is 24.5 Å². The van der Waals surface area contributed by atoms with Gasteiger partial charge in [-0.2, -0.15) is 5.10 Å². The van der Waals surface area contributed by atoms with Crippen LogP contribution in [0.5, 0.6) is 0 Å². The van der Waals surface area contributed by atoms with Crippen molar-refractivity contribution in [3.05, 3.63) is 35.4 Å². The fourth-order valence-electron chi connectivity index (χ4n) is 2.06. The molecule has 2 rings (SSSR count). The van der Waals surface area contributed by atoms with Gasteiger partial charge in [-0.15, -0.1) is 0 Å². The molecule has 0 aromatic heterocycles. The maximum absolute atomic E-state index is 12.1. The number of benzene rings is 1. The Hall–Kier alpha value is -2.17. The van der Waals surface area contributed by atoms with Gasteiger partial charge in [-0.3, -0.25) is 9.59 Å². The third-order valence-electron chi connectivity index (χ3n) is 3.17. The highest BCUT2D eigenvalue weighted by molar-refractivity contribution is 6.08. The summed E-state index contributed by atoms with van der Waals surface area (Å²) in [5, 5.41) is 14.3. The fraction of sp³-hybridized carbons (Fsp3) is 0.357. The van der Waals surface area contributed by atoms with E-state index in [0.717, 1.165) is 11.1 Å². The Morgan fingerprint density at radius 2 is 1.95 bits per heavy atom. The molecule has 0 aliphatic carbocycles. The Labute approximate surface area is 111 Å². The molecule has 0 radical (unpaired) electrons. The van der Waals surface area contributed by atoms with Gasteiger partial charge in [0.2, 0.25) is 0 Å². The highest BCUT2D eigenvalue weighted by atomic mass is 16.4. The monoisotopic (exact) mass is 260 g/mol. The molecule has 5 heteroatoms. The summed E-state index contributed by atoms with van der Waals surface area (Å²) in [7, 11) is 0. The lowest BCUT2D eigenvalue weighted by Gasteiger charge is -2.13. The van der Waals surface area contributed by atoms with Crippen LogP contribution in [-0.4, -0.2) is 27.7 Å². The van der Waals surface area contributed by atoms with Gasteiger partial charge >= 0.3 is 5.97 Å². The van der Waals surface area contributed by atoms with Crippen LogP contribution in [0.3, 0.4) is 0 Å². The molecule has 19 heavy (non-hydrogen) atoms. The SMILES string of the molecule is CC1=NN(Cc2ccc(C)cc2)C(=O)C1CC(=O)O. The number of carboxylic acids is 1. The van der Waals surface area contributed by atoms with E-state index in [4.69, 9.17) is 5.11 Å². The van der Waals surface area contributed by atoms with Crippen molar-refractivity contribution in [2.75, 3.05) is 0 Å². The molecule has 0 saturated carbocycles. The number of hydrogen-bond donors (Lipinski definition) is 1. The van der Waals surface area contributed by atoms with Gasteiger partial charge in [0.1, 0.15) is 0 Å². The second-order valence-electron chi connectivity index (χ2n) is 4.77. The van der Waals surface area contributed by atoms with Crippen LogP contribution in [0, 0.1) is 12.8 Å². The first kappa shape index (κ1) is 13.3. The Balaban J connectivity index is 2.08. The second kappa shape index (κ2) is 5.22. The number of carboxylic acid groups (broad SMARTS) is 1. The Morgan fingerprint density at radius 1 is 1.32 bits per heavy atom. The lowest BCUT2D eigenvalue weighted by molar-refractivity contribution is -0.142. The minimum atomic E-state index is -0.981. The topological polar surface area (TPSA) is 70.0 Å². The number of amides is 1. The molecule has 1 aliphatic rings. The van der Waals surface area contributed by atoms with E-state index in [-0.39, 0.29) is 12.3 Å². The van der Waals surface area contributed by atoms with Crippen LogP contribution in [-0.2, 0) is 16.1 Å². The van der Waals surface area contributed by atoms with E-state index in [1.807, 2.05) is 31.2 Å². The summed E-state index contributed by atoms with van der Waals surface area (Å²) < 4.78 is 0. The number of carbonyl (C=O) groups excluding carboxylic acids is 1. The quantitative estimate of drug-likeness (QED) is 0.897. The van der Waals surface area contributed by atoms with Crippen LogP contribution < -0.4 is 0 Å². The van der Waals surface area contributed by atoms with E-state index in [1.165, 1.54) is 5.01 Å². The summed E-state index contributed by atoms with van der Waals surface area (Å²) in [6.45, 7) is 4.07. The predicted octanol–water partition coefficient (Wildman–Crippen LogP) is 1.80. The van der Waals surface area contributed by atoms with E-state index in [2.05, 4.69) is 5.10 Å². The average molecular weight is 260 g/mol. The third-order valence-corrected chi connectivity index (χ3v) is 3.17. The summed E-state index contributed by atoms with van der Waals surface area (Å²) in [5.74, 6) is -1.84. The van der Waals surface area contributed by atoms with E-state index < -0.39 is 11.9 Å². The van der Waals surface area contributed by atoms with Crippen molar-refractivity contribution in [2.45, 2.75) is 26.8 Å². The van der Waals surface area contributed by atoms with Gasteiger partial charge in [0.15, 0.2) is 0 Å². The van der Waals surface area contributed by atoms with E-state index in [0.29, 0.717) is 12.3 Å². The Bertz CT molecular complexity index is 534. The number of aliphatic carboxylic acids is 1. The molecule has 1 N–H and O–H groups in total. The smallest absolute Gasteiger partial charge is 0.304 e. The lowest BCUT2D eigenvalue weighted by atomic mass is 10.0. The normalized spacial score (nSPS) is 18.6. The number of aryl methyl sites for hydroxylation is 1. The van der Waals surface area contributed by atoms with Crippen molar-refractivity contribution in [3.8, 4) is 0 Å². The minimum Gasteiger partial charge on any atom is -0.481 e. The standard InChI is InChI=1S/C14H16N2O3/c1-9-3-5-11(6-4-9)8-16-14(19)12(7-13(17)18)10(2)15-16/h3-6,12H,7-8H2,1-2H3,(H,17,18). The molecule has 0 bridgehead atoms. The third kappa shape index (κ3) is 2.99. The lowest BCUT2D eigenvalue weighted by Crippen LogP contribution is -2.28. The predicted molar refractivity (Wildman–Crippen MR) is 70.6 cm³/mol. The maximum atomic E-state index is 12.1. The zero-order chi connectivity index (χ0) is 14.0. The minimum absolute atomic E-state index is 0.196. The van der Waals surface area contributed by atoms with Gasteiger partial charge in [0, 0.05) is 5.71 Å². The van der Waals surface area contributed by atoms with Gasteiger partial charge in [-0.25, -0.2) is 5.01 Å². The first-order chi connectivity index (χ1) is 8.97. The molecule has 100 valence electrons. The van der Waals surface area contributed by atoms with Gasteiger partial charge in [0.05, 0.1) is 18.9 Å². The van der Waals surface area contributed by atoms with Crippen molar-refractivity contribution < 1.29 is 14.7 Å². The van der Waals surface area contributed by atoms with Crippen LogP contribution in [0.15, 0.2) is 29.4 Å². The van der Waals surface area contributed by atoms with E-state index in [9.17, 15) is 9.59 Å². The highest BCUT2D eigenvalue weighted by Crippen LogP contribution is 2.21. The number of rotatable bonds is 4. The van der Waals surface area contributed by atoms with Crippen molar-refractivity contribution >= 4 is 17.6 Å². The molecule has 1 aromatic carbocycles. The summed E-state index contributed by atoms with van der Waals surface area (Å²) in [6.07, 6.45) is -0.196. The maximum Gasteiger partial charge on any atom is 0.304 e. The summed E-state index contributed by atoms with van der Waals surface area (Å²) in [4.78, 5) is 22.8. The molecular formula is C14H16N2O3. The Kier molecular flexibility index (Phi) is 3.64. The molecule has 0 saturated heterocycles. The fourth-order valence-corrected chi connectivity index (χ4v) is 2.06. The molecular weight excluding hydrogens is 244 g/mol. The van der Waals surface area contributed by atoms with Gasteiger partial charge in [-0.1, -0.05) is 29.8 Å². The zero-order valence-corrected chi connectivity index (χ0v) is 11.0. The molecule has 0 fully saturated rings. The number of hydrazone groups is 1. The summed E-state index contributed by atoms with van der Waals surface area (Å²) >= 11 is 0. The van der Waals surface area contributed by atoms with E-state index >= 15 is 0 Å². The average Bonchev–Trinajstić information content (AvgIpc) is 2.60. The first-order valence-corrected chi connectivity index (χ1v) is 6.11. The number of carbonyl (C=O) groups is 2. The zero-order valence-electron chi connectivity index (χ0n) is 11.0. The van der Waals surface area contributed by atoms with Crippen molar-refractivity contribution in [1.82, 2.24) is 5.01 Å². The molecule has 1 amide bonds. The molecule has 1 aliphatic heterocycles. The van der Waals surface area contributed by atoms with E-state index in [1.54, 1.807) is 6.92 Å². The largest absolute Gasteiger partial charge is 0.481 e. The van der Waals surface area contributed by atoms with Gasteiger partial charge in [0.25, 0.3) is 5.91 Å². The van der Waals surface area contributed by atoms with Crippen molar-refractivity contribution in [3.63, 3.8) is 0 Å².